The van der Waals surface area contributed by atoms with Crippen molar-refractivity contribution < 1.29 is 4.42 Å². The standard InChI is InChI=1S/C14H20N4O/c1-2-18(10-6-7-10)9-8-16-14-17-13-11(15)4-3-5-12(13)19-14/h3-5,10H,2,6-9,15H2,1H3,(H,16,17). The number of oxazole rings is 1. The molecule has 1 saturated carbocycles. The molecule has 1 aliphatic rings. The molecule has 5 heteroatoms. The van der Waals surface area contributed by atoms with Crippen LogP contribution in [0.1, 0.15) is 19.8 Å². The van der Waals surface area contributed by atoms with E-state index in [1.165, 1.54) is 12.8 Å². The van der Waals surface area contributed by atoms with Crippen LogP contribution in [0.3, 0.4) is 0 Å². The second kappa shape index (κ2) is 5.09. The van der Waals surface area contributed by atoms with E-state index in [0.717, 1.165) is 36.8 Å². The van der Waals surface area contributed by atoms with Gasteiger partial charge in [-0.05, 0) is 31.5 Å². The molecule has 1 aromatic carbocycles. The van der Waals surface area contributed by atoms with Gasteiger partial charge < -0.3 is 15.5 Å². The van der Waals surface area contributed by atoms with Crippen LogP contribution in [0.2, 0.25) is 0 Å². The smallest absolute Gasteiger partial charge is 0.295 e. The van der Waals surface area contributed by atoms with Crippen LogP contribution in [-0.2, 0) is 0 Å². The molecule has 3 N–H and O–H groups in total. The summed E-state index contributed by atoms with van der Waals surface area (Å²) in [5.74, 6) is 0. The first-order valence-electron chi connectivity index (χ1n) is 6.91. The lowest BCUT2D eigenvalue weighted by atomic mass is 10.3. The van der Waals surface area contributed by atoms with Crippen molar-refractivity contribution in [3.63, 3.8) is 0 Å². The van der Waals surface area contributed by atoms with Crippen LogP contribution < -0.4 is 11.1 Å². The summed E-state index contributed by atoms with van der Waals surface area (Å²) in [4.78, 5) is 6.86. The van der Waals surface area contributed by atoms with Crippen molar-refractivity contribution in [2.75, 3.05) is 30.7 Å². The third-order valence-electron chi connectivity index (χ3n) is 3.59. The molecule has 0 radical (unpaired) electrons. The van der Waals surface area contributed by atoms with Gasteiger partial charge in [0.1, 0.15) is 5.52 Å². The number of anilines is 2. The Hall–Kier alpha value is -1.75. The molecule has 1 heterocycles. The van der Waals surface area contributed by atoms with Gasteiger partial charge in [0.15, 0.2) is 5.58 Å². The number of nitrogens with zero attached hydrogens (tertiary/aromatic N) is 2. The SMILES string of the molecule is CCN(CCNc1nc2c(N)cccc2o1)C1CC1. The summed E-state index contributed by atoms with van der Waals surface area (Å²) in [5.41, 5.74) is 7.98. The first-order valence-corrected chi connectivity index (χ1v) is 6.91. The number of benzene rings is 1. The van der Waals surface area contributed by atoms with Gasteiger partial charge in [-0.1, -0.05) is 13.0 Å². The van der Waals surface area contributed by atoms with E-state index in [4.69, 9.17) is 10.2 Å². The van der Waals surface area contributed by atoms with Gasteiger partial charge in [0, 0.05) is 19.1 Å². The molecule has 1 aromatic heterocycles. The molecule has 0 unspecified atom stereocenters. The van der Waals surface area contributed by atoms with E-state index in [9.17, 15) is 0 Å². The Bertz CT molecular complexity index is 562. The lowest BCUT2D eigenvalue weighted by molar-refractivity contribution is 0.288. The Kier molecular flexibility index (Phi) is 3.29. The van der Waals surface area contributed by atoms with Crippen molar-refractivity contribution in [2.45, 2.75) is 25.8 Å². The zero-order valence-corrected chi connectivity index (χ0v) is 11.2. The van der Waals surface area contributed by atoms with E-state index < -0.39 is 0 Å². The van der Waals surface area contributed by atoms with Gasteiger partial charge in [0.2, 0.25) is 0 Å². The van der Waals surface area contributed by atoms with Gasteiger partial charge >= 0.3 is 0 Å². The molecule has 1 fully saturated rings. The fourth-order valence-corrected chi connectivity index (χ4v) is 2.39. The van der Waals surface area contributed by atoms with Gasteiger partial charge in [-0.25, -0.2) is 0 Å². The number of nitrogens with two attached hydrogens (primary N) is 1. The molecule has 0 spiro atoms. The van der Waals surface area contributed by atoms with E-state index >= 15 is 0 Å². The van der Waals surface area contributed by atoms with Crippen LogP contribution >= 0.6 is 0 Å². The van der Waals surface area contributed by atoms with Crippen LogP contribution in [0.25, 0.3) is 11.1 Å². The number of hydrogen-bond donors (Lipinski definition) is 2. The topological polar surface area (TPSA) is 67.3 Å². The first-order chi connectivity index (χ1) is 9.28. The second-order valence-electron chi connectivity index (χ2n) is 5.00. The van der Waals surface area contributed by atoms with Crippen LogP contribution in [0, 0.1) is 0 Å². The molecule has 1 aliphatic carbocycles. The highest BCUT2D eigenvalue weighted by Crippen LogP contribution is 2.26. The average Bonchev–Trinajstić information content (AvgIpc) is 3.15. The molecule has 0 amide bonds. The Morgan fingerprint density at radius 1 is 1.47 bits per heavy atom. The zero-order chi connectivity index (χ0) is 13.2. The van der Waals surface area contributed by atoms with Gasteiger partial charge in [0.05, 0.1) is 5.69 Å². The zero-order valence-electron chi connectivity index (χ0n) is 11.2. The maximum atomic E-state index is 5.86. The molecule has 0 atom stereocenters. The summed E-state index contributed by atoms with van der Waals surface area (Å²) in [5, 5.41) is 3.23. The van der Waals surface area contributed by atoms with Crippen LogP contribution in [0.5, 0.6) is 0 Å². The first kappa shape index (κ1) is 12.3. The minimum absolute atomic E-state index is 0.555. The lowest BCUT2D eigenvalue weighted by Gasteiger charge is -2.19. The fourth-order valence-electron chi connectivity index (χ4n) is 2.39. The maximum absolute atomic E-state index is 5.86. The Morgan fingerprint density at radius 2 is 2.32 bits per heavy atom. The number of rotatable bonds is 6. The molecule has 5 nitrogen and oxygen atoms in total. The summed E-state index contributed by atoms with van der Waals surface area (Å²) in [6.45, 7) is 5.18. The Balaban J connectivity index is 1.60. The number of hydrogen-bond acceptors (Lipinski definition) is 5. The van der Waals surface area contributed by atoms with Crippen molar-refractivity contribution in [3.8, 4) is 0 Å². The normalized spacial score (nSPS) is 15.3. The molecular weight excluding hydrogens is 240 g/mol. The second-order valence-corrected chi connectivity index (χ2v) is 5.00. The van der Waals surface area contributed by atoms with Crippen molar-refractivity contribution >= 4 is 22.8 Å². The van der Waals surface area contributed by atoms with Crippen LogP contribution in [-0.4, -0.2) is 35.6 Å². The molecule has 102 valence electrons. The number of nitrogen functional groups attached to an aromatic ring is 1. The summed E-state index contributed by atoms with van der Waals surface area (Å²) >= 11 is 0. The average molecular weight is 260 g/mol. The van der Waals surface area contributed by atoms with E-state index in [0.29, 0.717) is 11.7 Å². The van der Waals surface area contributed by atoms with Crippen molar-refractivity contribution in [1.82, 2.24) is 9.88 Å². The van der Waals surface area contributed by atoms with Gasteiger partial charge in [-0.3, -0.25) is 4.90 Å². The molecule has 0 bridgehead atoms. The van der Waals surface area contributed by atoms with Gasteiger partial charge in [0.25, 0.3) is 6.01 Å². The van der Waals surface area contributed by atoms with Crippen LogP contribution in [0.4, 0.5) is 11.7 Å². The number of nitrogens with one attached hydrogen (secondary N) is 1. The quantitative estimate of drug-likeness (QED) is 0.780. The highest BCUT2D eigenvalue weighted by molar-refractivity contribution is 5.86. The molecule has 2 aromatic rings. The minimum Gasteiger partial charge on any atom is -0.423 e. The van der Waals surface area contributed by atoms with E-state index in [2.05, 4.69) is 22.1 Å². The Labute approximate surface area is 112 Å². The van der Waals surface area contributed by atoms with Crippen molar-refractivity contribution in [2.24, 2.45) is 0 Å². The van der Waals surface area contributed by atoms with Gasteiger partial charge in [-0.15, -0.1) is 0 Å². The summed E-state index contributed by atoms with van der Waals surface area (Å²) in [6.07, 6.45) is 2.68. The summed E-state index contributed by atoms with van der Waals surface area (Å²) in [7, 11) is 0. The van der Waals surface area contributed by atoms with E-state index in [-0.39, 0.29) is 0 Å². The monoisotopic (exact) mass is 260 g/mol. The largest absolute Gasteiger partial charge is 0.423 e. The molecule has 0 saturated heterocycles. The third-order valence-corrected chi connectivity index (χ3v) is 3.59. The minimum atomic E-state index is 0.555. The summed E-state index contributed by atoms with van der Waals surface area (Å²) in [6, 6.07) is 6.94. The van der Waals surface area contributed by atoms with Gasteiger partial charge in [-0.2, -0.15) is 4.98 Å². The van der Waals surface area contributed by atoms with Crippen molar-refractivity contribution in [1.29, 1.82) is 0 Å². The number of fused-ring (bicyclic) bond motifs is 1. The number of para-hydroxylation sites is 1. The Morgan fingerprint density at radius 3 is 3.00 bits per heavy atom. The number of likely N-dealkylation sites (N-methyl/N-ethyl adjacent to an activating group) is 1. The predicted octanol–water partition coefficient (Wildman–Crippen LogP) is 2.31. The molecular formula is C14H20N4O. The van der Waals surface area contributed by atoms with Crippen molar-refractivity contribution in [3.05, 3.63) is 18.2 Å². The maximum Gasteiger partial charge on any atom is 0.295 e. The highest BCUT2D eigenvalue weighted by atomic mass is 16.4. The lowest BCUT2D eigenvalue weighted by Crippen LogP contribution is -2.30. The van der Waals surface area contributed by atoms with E-state index in [1.54, 1.807) is 0 Å². The molecule has 19 heavy (non-hydrogen) atoms. The van der Waals surface area contributed by atoms with Crippen LogP contribution in [0.15, 0.2) is 22.6 Å². The third kappa shape index (κ3) is 2.66. The fraction of sp³-hybridized carbons (Fsp3) is 0.500. The number of aromatic nitrogens is 1. The van der Waals surface area contributed by atoms with E-state index in [1.807, 2.05) is 18.2 Å². The summed E-state index contributed by atoms with van der Waals surface area (Å²) < 4.78 is 5.62. The molecule has 0 aliphatic heterocycles. The highest BCUT2D eigenvalue weighted by Gasteiger charge is 2.27. The molecule has 3 rings (SSSR count). The predicted molar refractivity (Wildman–Crippen MR) is 77.2 cm³/mol.